The molecule has 0 radical (unpaired) electrons. The van der Waals surface area contributed by atoms with Crippen LogP contribution in [-0.2, 0) is 6.18 Å². The van der Waals surface area contributed by atoms with E-state index < -0.39 is 11.7 Å². The molecule has 2 aromatic rings. The highest BCUT2D eigenvalue weighted by atomic mass is 19.4. The van der Waals surface area contributed by atoms with Gasteiger partial charge in [-0.1, -0.05) is 0 Å². The Labute approximate surface area is 96.5 Å². The quantitative estimate of drug-likeness (QED) is 0.808. The molecule has 2 heterocycles. The summed E-state index contributed by atoms with van der Waals surface area (Å²) in [4.78, 5) is 6.68. The lowest BCUT2D eigenvalue weighted by molar-refractivity contribution is -0.137. The molecule has 0 spiro atoms. The van der Waals surface area contributed by atoms with E-state index in [0.717, 1.165) is 11.6 Å². The van der Waals surface area contributed by atoms with Crippen molar-refractivity contribution in [3.8, 4) is 11.4 Å². The minimum atomic E-state index is -4.37. The number of nitrogens with zero attached hydrogens (tertiary/aromatic N) is 1. The number of aromatic amines is 1. The Kier molecular flexibility index (Phi) is 2.69. The number of pyridine rings is 1. The minimum absolute atomic E-state index is 0.0266. The summed E-state index contributed by atoms with van der Waals surface area (Å²) in [5.74, 6) is 0. The largest absolute Gasteiger partial charge is 0.418 e. The molecule has 17 heavy (non-hydrogen) atoms. The maximum Gasteiger partial charge on any atom is 0.418 e. The SMILES string of the molecule is Cc1ccnc(-c2[nH]c(C)cc2C(F)(F)F)c1. The zero-order valence-corrected chi connectivity index (χ0v) is 9.39. The molecular weight excluding hydrogens is 229 g/mol. The molecule has 0 unspecified atom stereocenters. The van der Waals surface area contributed by atoms with Crippen molar-refractivity contribution in [2.75, 3.05) is 0 Å². The Balaban J connectivity index is 2.60. The second-order valence-electron chi connectivity index (χ2n) is 3.96. The van der Waals surface area contributed by atoms with E-state index in [4.69, 9.17) is 0 Å². The van der Waals surface area contributed by atoms with E-state index in [2.05, 4.69) is 9.97 Å². The second-order valence-corrected chi connectivity index (χ2v) is 3.96. The van der Waals surface area contributed by atoms with Gasteiger partial charge in [-0.2, -0.15) is 13.2 Å². The first kappa shape index (κ1) is 11.7. The standard InChI is InChI=1S/C12H11F3N2/c1-7-3-4-16-10(5-7)11-9(12(13,14)15)6-8(2)17-11/h3-6,17H,1-2H3. The van der Waals surface area contributed by atoms with Gasteiger partial charge in [-0.25, -0.2) is 0 Å². The zero-order valence-electron chi connectivity index (χ0n) is 9.39. The molecule has 0 aliphatic heterocycles. The van der Waals surface area contributed by atoms with E-state index in [9.17, 15) is 13.2 Å². The van der Waals surface area contributed by atoms with Gasteiger partial charge >= 0.3 is 6.18 Å². The van der Waals surface area contributed by atoms with Gasteiger partial charge in [-0.3, -0.25) is 4.98 Å². The van der Waals surface area contributed by atoms with Crippen LogP contribution in [0.15, 0.2) is 24.4 Å². The van der Waals surface area contributed by atoms with E-state index in [0.29, 0.717) is 11.4 Å². The molecule has 0 amide bonds. The fourth-order valence-electron chi connectivity index (χ4n) is 1.69. The molecule has 5 heteroatoms. The number of halogens is 3. The molecule has 0 saturated heterocycles. The van der Waals surface area contributed by atoms with Crippen LogP contribution >= 0.6 is 0 Å². The molecule has 2 aromatic heterocycles. The molecule has 1 N–H and O–H groups in total. The van der Waals surface area contributed by atoms with Gasteiger partial charge in [-0.05, 0) is 37.6 Å². The first-order valence-electron chi connectivity index (χ1n) is 5.08. The van der Waals surface area contributed by atoms with Crippen molar-refractivity contribution in [1.82, 2.24) is 9.97 Å². The minimum Gasteiger partial charge on any atom is -0.357 e. The number of rotatable bonds is 1. The molecule has 0 atom stereocenters. The summed E-state index contributed by atoms with van der Waals surface area (Å²) in [5.41, 5.74) is 1.00. The van der Waals surface area contributed by atoms with Gasteiger partial charge in [0.1, 0.15) is 0 Å². The first-order chi connectivity index (χ1) is 7.88. The van der Waals surface area contributed by atoms with Crippen LogP contribution in [0, 0.1) is 13.8 Å². The van der Waals surface area contributed by atoms with Crippen LogP contribution in [0.1, 0.15) is 16.8 Å². The number of aryl methyl sites for hydroxylation is 2. The monoisotopic (exact) mass is 240 g/mol. The van der Waals surface area contributed by atoms with Gasteiger partial charge in [0, 0.05) is 11.9 Å². The van der Waals surface area contributed by atoms with Crippen molar-refractivity contribution in [1.29, 1.82) is 0 Å². The number of aromatic nitrogens is 2. The summed E-state index contributed by atoms with van der Waals surface area (Å²) in [6, 6.07) is 4.46. The normalized spacial score (nSPS) is 11.8. The third-order valence-electron chi connectivity index (χ3n) is 2.43. The third-order valence-corrected chi connectivity index (χ3v) is 2.43. The third kappa shape index (κ3) is 2.33. The van der Waals surface area contributed by atoms with E-state index in [1.165, 1.54) is 6.20 Å². The maximum absolute atomic E-state index is 12.8. The van der Waals surface area contributed by atoms with Crippen molar-refractivity contribution in [3.05, 3.63) is 41.2 Å². The number of hydrogen-bond acceptors (Lipinski definition) is 1. The molecule has 2 rings (SSSR count). The number of hydrogen-bond donors (Lipinski definition) is 1. The molecule has 0 aliphatic carbocycles. The highest BCUT2D eigenvalue weighted by molar-refractivity contribution is 5.61. The van der Waals surface area contributed by atoms with Crippen molar-refractivity contribution < 1.29 is 13.2 Å². The van der Waals surface area contributed by atoms with E-state index in [1.807, 2.05) is 6.92 Å². The predicted octanol–water partition coefficient (Wildman–Crippen LogP) is 3.71. The Morgan fingerprint density at radius 2 is 1.88 bits per heavy atom. The molecule has 0 aromatic carbocycles. The lowest BCUT2D eigenvalue weighted by Crippen LogP contribution is -2.05. The smallest absolute Gasteiger partial charge is 0.357 e. The number of alkyl halides is 3. The van der Waals surface area contributed by atoms with Crippen LogP contribution in [0.3, 0.4) is 0 Å². The summed E-state index contributed by atoms with van der Waals surface area (Å²) in [5, 5.41) is 0. The van der Waals surface area contributed by atoms with Crippen LogP contribution in [-0.4, -0.2) is 9.97 Å². The van der Waals surface area contributed by atoms with Crippen LogP contribution in [0.5, 0.6) is 0 Å². The van der Waals surface area contributed by atoms with Gasteiger partial charge in [0.2, 0.25) is 0 Å². The Morgan fingerprint density at radius 1 is 1.18 bits per heavy atom. The molecule has 0 fully saturated rings. The number of H-pyrrole nitrogens is 1. The van der Waals surface area contributed by atoms with Crippen LogP contribution in [0.25, 0.3) is 11.4 Å². The van der Waals surface area contributed by atoms with Crippen LogP contribution in [0.4, 0.5) is 13.2 Å². The van der Waals surface area contributed by atoms with Crippen LogP contribution < -0.4 is 0 Å². The lowest BCUT2D eigenvalue weighted by atomic mass is 10.1. The van der Waals surface area contributed by atoms with Crippen molar-refractivity contribution in [2.24, 2.45) is 0 Å². The summed E-state index contributed by atoms with van der Waals surface area (Å²) in [7, 11) is 0. The average Bonchev–Trinajstić information content (AvgIpc) is 2.60. The highest BCUT2D eigenvalue weighted by Gasteiger charge is 2.35. The first-order valence-corrected chi connectivity index (χ1v) is 5.08. The van der Waals surface area contributed by atoms with Crippen molar-refractivity contribution in [2.45, 2.75) is 20.0 Å². The summed E-state index contributed by atoms with van der Waals surface area (Å²) in [6.07, 6.45) is -2.87. The maximum atomic E-state index is 12.8. The van der Waals surface area contributed by atoms with Gasteiger partial charge in [0.25, 0.3) is 0 Å². The molecular formula is C12H11F3N2. The summed E-state index contributed by atoms with van der Waals surface area (Å²) < 4.78 is 38.4. The molecule has 0 saturated carbocycles. The number of nitrogens with one attached hydrogen (secondary N) is 1. The van der Waals surface area contributed by atoms with E-state index in [-0.39, 0.29) is 5.69 Å². The van der Waals surface area contributed by atoms with Gasteiger partial charge in [-0.15, -0.1) is 0 Å². The van der Waals surface area contributed by atoms with E-state index >= 15 is 0 Å². The molecule has 2 nitrogen and oxygen atoms in total. The van der Waals surface area contributed by atoms with E-state index in [1.54, 1.807) is 19.1 Å². The topological polar surface area (TPSA) is 28.7 Å². The second kappa shape index (κ2) is 3.91. The fourth-order valence-corrected chi connectivity index (χ4v) is 1.69. The van der Waals surface area contributed by atoms with Gasteiger partial charge < -0.3 is 4.98 Å². The molecule has 0 aliphatic rings. The Hall–Kier alpha value is -1.78. The summed E-state index contributed by atoms with van der Waals surface area (Å²) in [6.45, 7) is 3.41. The fraction of sp³-hybridized carbons (Fsp3) is 0.250. The lowest BCUT2D eigenvalue weighted by Gasteiger charge is -2.07. The van der Waals surface area contributed by atoms with Crippen molar-refractivity contribution in [3.63, 3.8) is 0 Å². The van der Waals surface area contributed by atoms with Gasteiger partial charge in [0.05, 0.1) is 17.0 Å². The van der Waals surface area contributed by atoms with Crippen molar-refractivity contribution >= 4 is 0 Å². The average molecular weight is 240 g/mol. The molecule has 90 valence electrons. The Bertz CT molecular complexity index is 541. The Morgan fingerprint density at radius 3 is 2.47 bits per heavy atom. The molecule has 0 bridgehead atoms. The summed E-state index contributed by atoms with van der Waals surface area (Å²) >= 11 is 0. The van der Waals surface area contributed by atoms with Crippen LogP contribution in [0.2, 0.25) is 0 Å². The highest BCUT2D eigenvalue weighted by Crippen LogP contribution is 2.36. The zero-order chi connectivity index (χ0) is 12.6. The van der Waals surface area contributed by atoms with Gasteiger partial charge in [0.15, 0.2) is 0 Å². The predicted molar refractivity (Wildman–Crippen MR) is 58.5 cm³/mol.